The number of para-hydroxylation sites is 1. The Balaban J connectivity index is 1.71. The molecule has 4 aromatic rings. The number of hydrogen-bond acceptors (Lipinski definition) is 6. The first-order valence-corrected chi connectivity index (χ1v) is 10.8. The number of carbonyl (C=O) groups is 2. The van der Waals surface area contributed by atoms with Gasteiger partial charge in [-0.25, -0.2) is 4.98 Å². The fraction of sp³-hybridized carbons (Fsp3) is 0. The highest BCUT2D eigenvalue weighted by molar-refractivity contribution is 9.10. The normalized spacial score (nSPS) is 12.9. The Labute approximate surface area is 176 Å². The van der Waals surface area contributed by atoms with Gasteiger partial charge in [0.05, 0.1) is 21.5 Å². The van der Waals surface area contributed by atoms with E-state index in [9.17, 15) is 9.59 Å². The second kappa shape index (κ2) is 6.55. The highest BCUT2D eigenvalue weighted by atomic mass is 79.9. The van der Waals surface area contributed by atoms with Crippen LogP contribution in [0.15, 0.2) is 68.3 Å². The Kier molecular flexibility index (Phi) is 4.12. The number of fused-ring (bicyclic) bond motifs is 3. The van der Waals surface area contributed by atoms with Gasteiger partial charge in [-0.3, -0.25) is 9.59 Å². The van der Waals surface area contributed by atoms with Gasteiger partial charge >= 0.3 is 0 Å². The first kappa shape index (κ1) is 17.6. The summed E-state index contributed by atoms with van der Waals surface area (Å²) in [6.07, 6.45) is 0. The van der Waals surface area contributed by atoms with Gasteiger partial charge in [0.2, 0.25) is 0 Å². The van der Waals surface area contributed by atoms with Crippen molar-refractivity contribution in [3.05, 3.63) is 81.3 Å². The summed E-state index contributed by atoms with van der Waals surface area (Å²) in [6.45, 7) is 0. The highest BCUT2D eigenvalue weighted by Crippen LogP contribution is 2.44. The van der Waals surface area contributed by atoms with Crippen LogP contribution in [0.2, 0.25) is 0 Å². The van der Waals surface area contributed by atoms with Crippen molar-refractivity contribution in [3.8, 4) is 0 Å². The van der Waals surface area contributed by atoms with Gasteiger partial charge in [0.15, 0.2) is 15.9 Å². The Morgan fingerprint density at radius 1 is 0.929 bits per heavy atom. The largest absolute Gasteiger partial charge is 0.397 e. The molecule has 0 amide bonds. The molecule has 136 valence electrons. The van der Waals surface area contributed by atoms with Crippen molar-refractivity contribution in [2.24, 2.45) is 0 Å². The van der Waals surface area contributed by atoms with Gasteiger partial charge in [0, 0.05) is 26.1 Å². The van der Waals surface area contributed by atoms with Crippen molar-refractivity contribution in [2.45, 2.75) is 9.24 Å². The van der Waals surface area contributed by atoms with Crippen molar-refractivity contribution < 1.29 is 9.59 Å². The maximum Gasteiger partial charge on any atom is 0.196 e. The fourth-order valence-electron chi connectivity index (χ4n) is 3.32. The van der Waals surface area contributed by atoms with Gasteiger partial charge in [-0.15, -0.1) is 11.3 Å². The predicted molar refractivity (Wildman–Crippen MR) is 116 cm³/mol. The molecule has 0 saturated carbocycles. The van der Waals surface area contributed by atoms with E-state index in [0.29, 0.717) is 26.1 Å². The molecule has 7 heteroatoms. The molecule has 0 atom stereocenters. The first-order valence-electron chi connectivity index (χ1n) is 8.38. The molecule has 1 aromatic heterocycles. The molecule has 28 heavy (non-hydrogen) atoms. The smallest absolute Gasteiger partial charge is 0.196 e. The summed E-state index contributed by atoms with van der Waals surface area (Å²) in [4.78, 5) is 31.6. The minimum absolute atomic E-state index is 0.187. The zero-order valence-electron chi connectivity index (χ0n) is 14.2. The third kappa shape index (κ3) is 2.62. The summed E-state index contributed by atoms with van der Waals surface area (Å²) in [7, 11) is 0. The molecule has 0 bridgehead atoms. The standard InChI is InChI=1S/C21H11BrN2O2S2/c22-12-9-15(28-21-24-13-7-3-4-8-14(13)27-21)16-17(18(12)23)20(26)11-6-2-1-5-10(11)19(16)25/h1-9H,23H2. The van der Waals surface area contributed by atoms with Crippen LogP contribution in [0.3, 0.4) is 0 Å². The number of rotatable bonds is 2. The van der Waals surface area contributed by atoms with Gasteiger partial charge in [-0.1, -0.05) is 48.2 Å². The topological polar surface area (TPSA) is 73.0 Å². The minimum atomic E-state index is -0.227. The van der Waals surface area contributed by atoms with Gasteiger partial charge < -0.3 is 5.73 Å². The Morgan fingerprint density at radius 3 is 2.29 bits per heavy atom. The fourth-order valence-corrected chi connectivity index (χ4v) is 6.11. The summed E-state index contributed by atoms with van der Waals surface area (Å²) in [5.41, 5.74) is 8.81. The molecule has 1 aliphatic carbocycles. The lowest BCUT2D eigenvalue weighted by atomic mass is 9.83. The SMILES string of the molecule is Nc1c(Br)cc(Sc2nc3ccccc3s2)c2c1C(=O)c1ccccc1C2=O. The van der Waals surface area contributed by atoms with E-state index >= 15 is 0 Å². The second-order valence-electron chi connectivity index (χ2n) is 6.27. The van der Waals surface area contributed by atoms with Crippen LogP contribution >= 0.6 is 39.0 Å². The first-order chi connectivity index (χ1) is 13.5. The van der Waals surface area contributed by atoms with Crippen LogP contribution in [-0.4, -0.2) is 16.6 Å². The number of hydrogen-bond donors (Lipinski definition) is 1. The van der Waals surface area contributed by atoms with E-state index in [4.69, 9.17) is 5.73 Å². The lowest BCUT2D eigenvalue weighted by molar-refractivity contribution is 0.0977. The molecule has 1 aliphatic rings. The molecule has 5 rings (SSSR count). The van der Waals surface area contributed by atoms with E-state index < -0.39 is 0 Å². The molecule has 1 heterocycles. The van der Waals surface area contributed by atoms with Crippen molar-refractivity contribution in [3.63, 3.8) is 0 Å². The summed E-state index contributed by atoms with van der Waals surface area (Å²) < 4.78 is 2.47. The van der Waals surface area contributed by atoms with Gasteiger partial charge in [-0.05, 0) is 34.1 Å². The van der Waals surface area contributed by atoms with Crippen LogP contribution in [0.1, 0.15) is 31.8 Å². The van der Waals surface area contributed by atoms with Crippen molar-refractivity contribution in [1.29, 1.82) is 0 Å². The minimum Gasteiger partial charge on any atom is -0.397 e. The van der Waals surface area contributed by atoms with E-state index in [1.807, 2.05) is 24.3 Å². The zero-order valence-corrected chi connectivity index (χ0v) is 17.5. The molecular formula is C21H11BrN2O2S2. The molecule has 0 fully saturated rings. The van der Waals surface area contributed by atoms with Crippen LogP contribution < -0.4 is 5.73 Å². The summed E-state index contributed by atoms with van der Waals surface area (Å²) >= 11 is 6.37. The number of benzene rings is 3. The lowest BCUT2D eigenvalue weighted by Gasteiger charge is -2.22. The van der Waals surface area contributed by atoms with E-state index in [2.05, 4.69) is 20.9 Å². The van der Waals surface area contributed by atoms with Crippen molar-refractivity contribution in [2.75, 3.05) is 5.73 Å². The number of aromatic nitrogens is 1. The van der Waals surface area contributed by atoms with Crippen LogP contribution in [0.25, 0.3) is 10.2 Å². The Hall–Kier alpha value is -2.48. The molecule has 4 nitrogen and oxygen atoms in total. The summed E-state index contributed by atoms with van der Waals surface area (Å²) in [6, 6.07) is 16.5. The third-order valence-corrected chi connectivity index (χ3v) is 7.42. The summed E-state index contributed by atoms with van der Waals surface area (Å²) in [5.74, 6) is -0.414. The monoisotopic (exact) mass is 466 g/mol. The van der Waals surface area contributed by atoms with E-state index in [-0.39, 0.29) is 22.8 Å². The highest BCUT2D eigenvalue weighted by Gasteiger charge is 2.34. The third-order valence-electron chi connectivity index (χ3n) is 4.62. The van der Waals surface area contributed by atoms with Crippen molar-refractivity contribution >= 4 is 66.5 Å². The number of nitrogen functional groups attached to an aromatic ring is 1. The average molecular weight is 467 g/mol. The maximum absolute atomic E-state index is 13.2. The number of nitrogens with zero attached hydrogens (tertiary/aromatic N) is 1. The number of carbonyl (C=O) groups excluding carboxylic acids is 2. The number of halogens is 1. The van der Waals surface area contributed by atoms with Crippen LogP contribution in [0, 0.1) is 0 Å². The van der Waals surface area contributed by atoms with Gasteiger partial charge in [0.25, 0.3) is 0 Å². The molecule has 0 saturated heterocycles. The van der Waals surface area contributed by atoms with Crippen molar-refractivity contribution in [1.82, 2.24) is 4.98 Å². The molecule has 0 unspecified atom stereocenters. The molecule has 3 aromatic carbocycles. The van der Waals surface area contributed by atoms with Gasteiger partial charge in [-0.2, -0.15) is 0 Å². The predicted octanol–water partition coefficient (Wildman–Crippen LogP) is 5.57. The van der Waals surface area contributed by atoms with Crippen LogP contribution in [0.5, 0.6) is 0 Å². The quantitative estimate of drug-likeness (QED) is 0.344. The second-order valence-corrected chi connectivity index (χ2v) is 9.45. The number of thiazole rings is 1. The molecule has 0 aliphatic heterocycles. The van der Waals surface area contributed by atoms with E-state index in [1.54, 1.807) is 41.7 Å². The molecule has 0 spiro atoms. The van der Waals surface area contributed by atoms with E-state index in [1.165, 1.54) is 11.8 Å². The average Bonchev–Trinajstić information content (AvgIpc) is 3.11. The van der Waals surface area contributed by atoms with Gasteiger partial charge in [0.1, 0.15) is 0 Å². The molecule has 2 N–H and O–H groups in total. The Morgan fingerprint density at radius 2 is 1.57 bits per heavy atom. The maximum atomic E-state index is 13.2. The van der Waals surface area contributed by atoms with Crippen LogP contribution in [-0.2, 0) is 0 Å². The number of nitrogens with two attached hydrogens (primary N) is 1. The Bertz CT molecular complexity index is 1280. The zero-order chi connectivity index (χ0) is 19.4. The lowest BCUT2D eigenvalue weighted by Crippen LogP contribution is -2.23. The number of anilines is 1. The molecule has 0 radical (unpaired) electrons. The van der Waals surface area contributed by atoms with E-state index in [0.717, 1.165) is 14.6 Å². The summed E-state index contributed by atoms with van der Waals surface area (Å²) in [5, 5.41) is 0. The number of ketones is 2. The molecular weight excluding hydrogens is 456 g/mol. The van der Waals surface area contributed by atoms with Crippen LogP contribution in [0.4, 0.5) is 5.69 Å².